The number of aliphatic hydroxyl groups is 1. The first-order chi connectivity index (χ1) is 19.6. The number of sulfonamides is 1. The number of hydrogen-bond acceptors (Lipinski definition) is 7. The van der Waals surface area contributed by atoms with E-state index >= 15 is 0 Å². The van der Waals surface area contributed by atoms with Gasteiger partial charge in [0.15, 0.2) is 0 Å². The molecule has 0 radical (unpaired) electrons. The number of urea groups is 1. The number of carbonyl (C=O) groups is 1. The number of aromatic nitrogens is 1. The van der Waals surface area contributed by atoms with Crippen molar-refractivity contribution >= 4 is 21.7 Å². The van der Waals surface area contributed by atoms with Crippen LogP contribution in [-0.2, 0) is 10.0 Å². The van der Waals surface area contributed by atoms with Crippen molar-refractivity contribution in [1.29, 1.82) is 0 Å². The first-order valence-corrected chi connectivity index (χ1v) is 14.6. The van der Waals surface area contributed by atoms with Crippen LogP contribution in [0.3, 0.4) is 0 Å². The molecule has 1 aromatic heterocycles. The predicted molar refractivity (Wildman–Crippen MR) is 155 cm³/mol. The summed E-state index contributed by atoms with van der Waals surface area (Å²) in [6.07, 6.45) is 2.72. The number of anilines is 1. The number of benzene rings is 2. The van der Waals surface area contributed by atoms with Crippen LogP contribution >= 0.6 is 0 Å². The Bertz CT molecular complexity index is 1540. The number of pyridine rings is 1. The summed E-state index contributed by atoms with van der Waals surface area (Å²) in [5.74, 6) is 6.52. The van der Waals surface area contributed by atoms with Crippen LogP contribution in [0.25, 0.3) is 0 Å². The van der Waals surface area contributed by atoms with Crippen molar-refractivity contribution < 1.29 is 27.8 Å². The molecule has 4 rings (SSSR count). The van der Waals surface area contributed by atoms with E-state index in [1.165, 1.54) is 15.3 Å². The lowest BCUT2D eigenvalue weighted by atomic mass is 10.0. The molecular weight excluding hydrogens is 544 g/mol. The van der Waals surface area contributed by atoms with Crippen LogP contribution < -0.4 is 14.8 Å². The smallest absolute Gasteiger partial charge is 0.321 e. The first-order valence-electron chi connectivity index (χ1n) is 13.1. The van der Waals surface area contributed by atoms with Crippen LogP contribution in [0.5, 0.6) is 11.5 Å². The molecule has 216 valence electrons. The summed E-state index contributed by atoms with van der Waals surface area (Å²) >= 11 is 0. The Morgan fingerprint density at radius 2 is 1.93 bits per heavy atom. The molecular formula is C30H34N4O6S. The summed E-state index contributed by atoms with van der Waals surface area (Å²) in [5, 5.41) is 12.7. The number of likely N-dealkylation sites (N-methyl/N-ethyl adjacent to an activating group) is 1. The minimum Gasteiger partial charge on any atom is -0.497 e. The molecule has 2 N–H and O–H groups in total. The minimum absolute atomic E-state index is 0.0207. The van der Waals surface area contributed by atoms with Gasteiger partial charge in [-0.05, 0) is 49.4 Å². The lowest BCUT2D eigenvalue weighted by molar-refractivity contribution is 0.0830. The third kappa shape index (κ3) is 7.16. The summed E-state index contributed by atoms with van der Waals surface area (Å²) in [6, 6.07) is 14.3. The number of aliphatic hydroxyl groups excluding tert-OH is 1. The maximum atomic E-state index is 13.7. The standard InChI is InChI=1S/C30H34N4O6S/c1-21-18-34(22(2)20-35)41(37,38)29-11-10-24(9-8-23-12-14-31-15-13-23)16-27(29)40-28(21)19-33(3)30(36)32-25-6-5-7-26(17-25)39-4/h5-7,10-17,21-22,28,35H,18-20H2,1-4H3,(H,32,36)/t21-,22-,28+/m1/s1. The van der Waals surface area contributed by atoms with Crippen molar-refractivity contribution in [2.24, 2.45) is 5.92 Å². The fraction of sp³-hybridized carbons (Fsp3) is 0.333. The normalized spacial score (nSPS) is 18.8. The molecule has 0 fully saturated rings. The first kappa shape index (κ1) is 29.9. The molecule has 3 aromatic rings. The molecule has 0 saturated carbocycles. The highest BCUT2D eigenvalue weighted by atomic mass is 32.2. The molecule has 2 amide bonds. The van der Waals surface area contributed by atoms with E-state index in [0.717, 1.165) is 5.56 Å². The van der Waals surface area contributed by atoms with Gasteiger partial charge in [-0.25, -0.2) is 13.2 Å². The van der Waals surface area contributed by atoms with Crippen molar-refractivity contribution in [3.63, 3.8) is 0 Å². The van der Waals surface area contributed by atoms with Gasteiger partial charge in [0, 0.05) is 60.8 Å². The molecule has 0 bridgehead atoms. The van der Waals surface area contributed by atoms with Crippen molar-refractivity contribution in [3.05, 3.63) is 78.1 Å². The largest absolute Gasteiger partial charge is 0.497 e. The summed E-state index contributed by atoms with van der Waals surface area (Å²) < 4.78 is 40.3. The second kappa shape index (κ2) is 13.0. The van der Waals surface area contributed by atoms with Gasteiger partial charge in [0.25, 0.3) is 0 Å². The Kier molecular flexibility index (Phi) is 9.50. The predicted octanol–water partition coefficient (Wildman–Crippen LogP) is 3.42. The number of ether oxygens (including phenoxy) is 2. The molecule has 2 heterocycles. The second-order valence-corrected chi connectivity index (χ2v) is 11.8. The molecule has 11 heteroatoms. The van der Waals surface area contributed by atoms with Crippen LogP contribution in [0.1, 0.15) is 25.0 Å². The molecule has 1 aliphatic heterocycles. The van der Waals surface area contributed by atoms with Crippen LogP contribution in [0, 0.1) is 17.8 Å². The third-order valence-electron chi connectivity index (χ3n) is 6.82. The van der Waals surface area contributed by atoms with Crippen molar-refractivity contribution in [2.45, 2.75) is 30.9 Å². The Morgan fingerprint density at radius 1 is 1.20 bits per heavy atom. The Hall–Kier alpha value is -4.11. The number of amides is 2. The van der Waals surface area contributed by atoms with Crippen LogP contribution in [0.2, 0.25) is 0 Å². The molecule has 0 aliphatic carbocycles. The van der Waals surface area contributed by atoms with E-state index in [0.29, 0.717) is 17.0 Å². The van der Waals surface area contributed by atoms with E-state index in [1.807, 2.05) is 6.92 Å². The van der Waals surface area contributed by atoms with E-state index < -0.39 is 22.2 Å². The summed E-state index contributed by atoms with van der Waals surface area (Å²) in [5.41, 5.74) is 1.90. The quantitative estimate of drug-likeness (QED) is 0.430. The van der Waals surface area contributed by atoms with Crippen LogP contribution in [-0.4, -0.2) is 79.7 Å². The average Bonchev–Trinajstić information content (AvgIpc) is 2.97. The number of carbonyl (C=O) groups excluding carboxylic acids is 1. The highest BCUT2D eigenvalue weighted by Crippen LogP contribution is 2.34. The molecule has 2 aromatic carbocycles. The van der Waals surface area contributed by atoms with Crippen LogP contribution in [0.4, 0.5) is 10.5 Å². The summed E-state index contributed by atoms with van der Waals surface area (Å²) in [4.78, 5) is 18.5. The van der Waals surface area contributed by atoms with E-state index in [-0.39, 0.29) is 42.3 Å². The van der Waals surface area contributed by atoms with Gasteiger partial charge < -0.3 is 24.8 Å². The molecule has 0 unspecified atom stereocenters. The molecule has 1 aliphatic rings. The number of methoxy groups -OCH3 is 1. The number of hydrogen-bond donors (Lipinski definition) is 2. The van der Waals surface area contributed by atoms with E-state index in [9.17, 15) is 18.3 Å². The van der Waals surface area contributed by atoms with E-state index in [1.54, 1.807) is 82.0 Å². The van der Waals surface area contributed by atoms with Gasteiger partial charge in [-0.1, -0.05) is 24.8 Å². The average molecular weight is 579 g/mol. The van der Waals surface area contributed by atoms with Gasteiger partial charge in [0.2, 0.25) is 10.0 Å². The Balaban J connectivity index is 1.65. The fourth-order valence-corrected chi connectivity index (χ4v) is 6.20. The number of nitrogens with one attached hydrogen (secondary N) is 1. The number of rotatable bonds is 6. The molecule has 10 nitrogen and oxygen atoms in total. The zero-order valence-corrected chi connectivity index (χ0v) is 24.3. The number of nitrogens with zero attached hydrogens (tertiary/aromatic N) is 3. The van der Waals surface area contributed by atoms with E-state index in [2.05, 4.69) is 22.1 Å². The zero-order valence-electron chi connectivity index (χ0n) is 23.4. The topological polar surface area (TPSA) is 121 Å². The van der Waals surface area contributed by atoms with Gasteiger partial charge in [0.05, 0.1) is 20.3 Å². The van der Waals surface area contributed by atoms with Gasteiger partial charge in [-0.2, -0.15) is 4.31 Å². The second-order valence-electron chi connectivity index (χ2n) is 9.93. The molecule has 3 atom stereocenters. The monoisotopic (exact) mass is 578 g/mol. The Morgan fingerprint density at radius 3 is 2.63 bits per heavy atom. The maximum absolute atomic E-state index is 13.7. The maximum Gasteiger partial charge on any atom is 0.321 e. The van der Waals surface area contributed by atoms with Gasteiger partial charge in [-0.3, -0.25) is 4.98 Å². The summed E-state index contributed by atoms with van der Waals surface area (Å²) in [7, 11) is -0.802. The van der Waals surface area contributed by atoms with Crippen molar-refractivity contribution in [3.8, 4) is 23.3 Å². The van der Waals surface area contributed by atoms with Gasteiger partial charge in [-0.15, -0.1) is 0 Å². The van der Waals surface area contributed by atoms with Gasteiger partial charge in [0.1, 0.15) is 22.5 Å². The third-order valence-corrected chi connectivity index (χ3v) is 8.84. The molecule has 0 spiro atoms. The van der Waals surface area contributed by atoms with E-state index in [4.69, 9.17) is 9.47 Å². The van der Waals surface area contributed by atoms with Crippen LogP contribution in [0.15, 0.2) is 71.9 Å². The van der Waals surface area contributed by atoms with Gasteiger partial charge >= 0.3 is 6.03 Å². The fourth-order valence-electron chi connectivity index (χ4n) is 4.37. The molecule has 0 saturated heterocycles. The highest BCUT2D eigenvalue weighted by molar-refractivity contribution is 7.89. The number of fused-ring (bicyclic) bond motifs is 1. The highest BCUT2D eigenvalue weighted by Gasteiger charge is 2.38. The zero-order chi connectivity index (χ0) is 29.6. The Labute approximate surface area is 241 Å². The summed E-state index contributed by atoms with van der Waals surface area (Å²) in [6.45, 7) is 3.45. The van der Waals surface area contributed by atoms with Crippen molar-refractivity contribution in [1.82, 2.24) is 14.2 Å². The minimum atomic E-state index is -4.00. The lowest BCUT2D eigenvalue weighted by Gasteiger charge is -2.37. The van der Waals surface area contributed by atoms with Crippen molar-refractivity contribution in [2.75, 3.05) is 39.2 Å². The molecule has 41 heavy (non-hydrogen) atoms. The lowest BCUT2D eigenvalue weighted by Crippen LogP contribution is -2.50. The SMILES string of the molecule is COc1cccc(NC(=O)N(C)C[C@@H]2Oc3cc(C#Cc4ccncc4)ccc3S(=O)(=O)N([C@H](C)CO)C[C@H]2C)c1.